The van der Waals surface area contributed by atoms with Gasteiger partial charge < -0.3 is 0 Å². The maximum Gasteiger partial charge on any atom is 0.273 e. The van der Waals surface area contributed by atoms with Gasteiger partial charge in [0.2, 0.25) is 0 Å². The smallest absolute Gasteiger partial charge is 0.273 e. The van der Waals surface area contributed by atoms with Gasteiger partial charge in [0.25, 0.3) is 15.2 Å². The lowest BCUT2D eigenvalue weighted by molar-refractivity contribution is 0.570. The largest absolute Gasteiger partial charge is 0.296 e. The van der Waals surface area contributed by atoms with Crippen LogP contribution in [0.4, 0.5) is 0 Å². The van der Waals surface area contributed by atoms with E-state index in [9.17, 15) is 8.42 Å². The predicted molar refractivity (Wildman–Crippen MR) is 59.3 cm³/mol. The third kappa shape index (κ3) is 1.94. The van der Waals surface area contributed by atoms with Crippen LogP contribution in [0.2, 0.25) is 0 Å². The van der Waals surface area contributed by atoms with Crippen LogP contribution < -0.4 is 5.14 Å². The van der Waals surface area contributed by atoms with E-state index in [1.807, 2.05) is 0 Å². The van der Waals surface area contributed by atoms with Crippen molar-refractivity contribution in [3.63, 3.8) is 0 Å². The van der Waals surface area contributed by atoms with E-state index in [1.165, 1.54) is 4.57 Å². The number of hydrogen-bond acceptors (Lipinski definition) is 5. The van der Waals surface area contributed by atoms with Crippen molar-refractivity contribution >= 4 is 10.0 Å². The third-order valence-corrected chi connectivity index (χ3v) is 3.15. The highest BCUT2D eigenvalue weighted by Gasteiger charge is 2.22. The molecule has 0 aliphatic rings. The summed E-state index contributed by atoms with van der Waals surface area (Å²) in [6.07, 6.45) is 1.60. The van der Waals surface area contributed by atoms with E-state index in [0.717, 1.165) is 0 Å². The van der Waals surface area contributed by atoms with Crippen LogP contribution in [-0.2, 0) is 23.6 Å². The minimum atomic E-state index is -3.87. The van der Waals surface area contributed by atoms with Crippen LogP contribution in [0, 0.1) is 0 Å². The van der Waals surface area contributed by atoms with Gasteiger partial charge in [0, 0.05) is 19.8 Å². The molecule has 2 N–H and O–H groups in total. The summed E-state index contributed by atoms with van der Waals surface area (Å²) in [6.45, 7) is 2.19. The van der Waals surface area contributed by atoms with Crippen molar-refractivity contribution in [1.29, 1.82) is 0 Å². The fourth-order valence-electron chi connectivity index (χ4n) is 1.57. The molecule has 0 aromatic carbocycles. The Kier molecular flexibility index (Phi) is 2.71. The molecule has 0 spiro atoms. The summed E-state index contributed by atoms with van der Waals surface area (Å²) in [5, 5.41) is 16.3. The number of primary sulfonamides is 1. The van der Waals surface area contributed by atoms with Gasteiger partial charge in [-0.1, -0.05) is 0 Å². The van der Waals surface area contributed by atoms with E-state index in [1.54, 1.807) is 30.9 Å². The normalized spacial score (nSPS) is 11.9. The second-order valence-corrected chi connectivity index (χ2v) is 4.89. The molecule has 0 saturated carbocycles. The van der Waals surface area contributed by atoms with Gasteiger partial charge in [0.05, 0.1) is 0 Å². The number of nitrogens with zero attached hydrogens (tertiary/aromatic N) is 5. The van der Waals surface area contributed by atoms with Crippen molar-refractivity contribution in [3.8, 4) is 11.5 Å². The molecule has 2 heterocycles. The quantitative estimate of drug-likeness (QED) is 0.784. The van der Waals surface area contributed by atoms with Gasteiger partial charge in [-0.2, -0.15) is 5.10 Å². The Hall–Kier alpha value is -1.74. The molecule has 92 valence electrons. The summed E-state index contributed by atoms with van der Waals surface area (Å²) in [5.41, 5.74) is 0.675. The van der Waals surface area contributed by atoms with Crippen LogP contribution in [0.15, 0.2) is 17.4 Å². The molecule has 2 rings (SSSR count). The Morgan fingerprint density at radius 3 is 2.59 bits per heavy atom. The highest BCUT2D eigenvalue weighted by molar-refractivity contribution is 7.89. The number of sulfonamides is 1. The molecule has 0 amide bonds. The van der Waals surface area contributed by atoms with Crippen LogP contribution in [-0.4, -0.2) is 33.0 Å². The van der Waals surface area contributed by atoms with Gasteiger partial charge in [0.15, 0.2) is 5.82 Å². The highest BCUT2D eigenvalue weighted by atomic mass is 32.2. The van der Waals surface area contributed by atoms with Crippen molar-refractivity contribution in [1.82, 2.24) is 24.5 Å². The third-order valence-electron chi connectivity index (χ3n) is 2.34. The SMILES string of the molecule is CCn1c(-c2ccnn2C)nnc1S(N)(=O)=O. The lowest BCUT2D eigenvalue weighted by Gasteiger charge is -2.05. The number of rotatable bonds is 3. The summed E-state index contributed by atoms with van der Waals surface area (Å²) in [4.78, 5) is 0. The number of nitrogens with two attached hydrogens (primary N) is 1. The topological polar surface area (TPSA) is 109 Å². The molecule has 0 aliphatic heterocycles. The van der Waals surface area contributed by atoms with Crippen LogP contribution >= 0.6 is 0 Å². The fraction of sp³-hybridized carbons (Fsp3) is 0.375. The van der Waals surface area contributed by atoms with Crippen LogP contribution in [0.1, 0.15) is 6.92 Å². The number of aryl methyl sites for hydroxylation is 1. The Bertz CT molecular complexity index is 641. The summed E-state index contributed by atoms with van der Waals surface area (Å²) in [5.74, 6) is 0.427. The Morgan fingerprint density at radius 1 is 1.41 bits per heavy atom. The molecule has 0 unspecified atom stereocenters. The minimum absolute atomic E-state index is 0.240. The molecule has 0 saturated heterocycles. The molecule has 0 atom stereocenters. The zero-order chi connectivity index (χ0) is 12.6. The zero-order valence-electron chi connectivity index (χ0n) is 9.40. The van der Waals surface area contributed by atoms with Gasteiger partial charge in [-0.15, -0.1) is 10.2 Å². The molecule has 17 heavy (non-hydrogen) atoms. The van der Waals surface area contributed by atoms with E-state index in [-0.39, 0.29) is 5.16 Å². The van der Waals surface area contributed by atoms with Crippen LogP contribution in [0.5, 0.6) is 0 Å². The summed E-state index contributed by atoms with van der Waals surface area (Å²) < 4.78 is 25.6. The molecule has 9 heteroatoms. The van der Waals surface area contributed by atoms with Crippen molar-refractivity contribution in [2.24, 2.45) is 12.2 Å². The van der Waals surface area contributed by atoms with Crippen molar-refractivity contribution in [3.05, 3.63) is 12.3 Å². The Morgan fingerprint density at radius 2 is 2.12 bits per heavy atom. The molecule has 2 aromatic heterocycles. The molecular formula is C8H12N6O2S. The molecule has 0 fully saturated rings. The summed E-state index contributed by atoms with van der Waals surface area (Å²) in [6, 6.07) is 1.73. The standard InChI is InChI=1S/C8H12N6O2S/c1-3-14-7(6-4-5-10-13(6)2)11-12-8(14)17(9,15)16/h4-5H,3H2,1-2H3,(H2,9,15,16). The Balaban J connectivity index is 2.66. The summed E-state index contributed by atoms with van der Waals surface area (Å²) in [7, 11) is -2.13. The molecule has 8 nitrogen and oxygen atoms in total. The first-order chi connectivity index (χ1) is 7.95. The van der Waals surface area contributed by atoms with Crippen molar-refractivity contribution < 1.29 is 8.42 Å². The molecular weight excluding hydrogens is 244 g/mol. The molecule has 2 aromatic rings. The van der Waals surface area contributed by atoms with Crippen LogP contribution in [0.25, 0.3) is 11.5 Å². The number of hydrogen-bond donors (Lipinski definition) is 1. The molecule has 0 bridgehead atoms. The first-order valence-electron chi connectivity index (χ1n) is 4.89. The maximum atomic E-state index is 11.3. The fourth-order valence-corrected chi connectivity index (χ4v) is 2.24. The van der Waals surface area contributed by atoms with Crippen LogP contribution in [0.3, 0.4) is 0 Å². The van der Waals surface area contributed by atoms with Gasteiger partial charge in [-0.05, 0) is 13.0 Å². The maximum absolute atomic E-state index is 11.3. The summed E-state index contributed by atoms with van der Waals surface area (Å²) >= 11 is 0. The van der Waals surface area contributed by atoms with Gasteiger partial charge in [-0.3, -0.25) is 9.25 Å². The molecule has 0 aliphatic carbocycles. The lowest BCUT2D eigenvalue weighted by atomic mass is 10.4. The Labute approximate surface area is 98.1 Å². The monoisotopic (exact) mass is 256 g/mol. The second-order valence-electron chi connectivity index (χ2n) is 3.44. The zero-order valence-corrected chi connectivity index (χ0v) is 10.2. The average Bonchev–Trinajstić information content (AvgIpc) is 2.81. The average molecular weight is 256 g/mol. The lowest BCUT2D eigenvalue weighted by Crippen LogP contribution is -2.18. The van der Waals surface area contributed by atoms with E-state index < -0.39 is 10.0 Å². The first-order valence-corrected chi connectivity index (χ1v) is 6.44. The van der Waals surface area contributed by atoms with E-state index in [2.05, 4.69) is 15.3 Å². The second kappa shape index (κ2) is 3.93. The minimum Gasteiger partial charge on any atom is -0.296 e. The molecule has 0 radical (unpaired) electrons. The van der Waals surface area contributed by atoms with E-state index >= 15 is 0 Å². The van der Waals surface area contributed by atoms with E-state index in [0.29, 0.717) is 18.1 Å². The van der Waals surface area contributed by atoms with Gasteiger partial charge in [0.1, 0.15) is 5.69 Å². The predicted octanol–water partition coefficient (Wildman–Crippen LogP) is -0.654. The highest BCUT2D eigenvalue weighted by Crippen LogP contribution is 2.18. The van der Waals surface area contributed by atoms with Gasteiger partial charge >= 0.3 is 0 Å². The van der Waals surface area contributed by atoms with E-state index in [4.69, 9.17) is 5.14 Å². The van der Waals surface area contributed by atoms with Crippen molar-refractivity contribution in [2.45, 2.75) is 18.6 Å². The number of aromatic nitrogens is 5. The van der Waals surface area contributed by atoms with Crippen molar-refractivity contribution in [2.75, 3.05) is 0 Å². The van der Waals surface area contributed by atoms with Gasteiger partial charge in [-0.25, -0.2) is 13.6 Å². The first kappa shape index (κ1) is 11.7.